The number of hydrogen-bond acceptors (Lipinski definition) is 9. The molecule has 10 nitrogen and oxygen atoms in total. The van der Waals surface area contributed by atoms with Gasteiger partial charge >= 0.3 is 6.18 Å². The summed E-state index contributed by atoms with van der Waals surface area (Å²) in [5.74, 6) is -0.370. The number of fused-ring (bicyclic) bond motifs is 1. The van der Waals surface area contributed by atoms with Crippen molar-refractivity contribution in [3.8, 4) is 17.2 Å². The summed E-state index contributed by atoms with van der Waals surface area (Å²) in [6.45, 7) is 1.69. The van der Waals surface area contributed by atoms with Crippen molar-refractivity contribution < 1.29 is 37.0 Å². The Labute approximate surface area is 232 Å². The molecule has 4 heterocycles. The summed E-state index contributed by atoms with van der Waals surface area (Å²) >= 11 is 0. The number of aliphatic hydroxyl groups is 1. The van der Waals surface area contributed by atoms with Gasteiger partial charge in [0.1, 0.15) is 22.6 Å². The first-order valence-electron chi connectivity index (χ1n) is 12.7. The number of alkyl halides is 3. The summed E-state index contributed by atoms with van der Waals surface area (Å²) in [5.41, 5.74) is 4.24. The predicted molar refractivity (Wildman–Crippen MR) is 141 cm³/mol. The molecule has 216 valence electrons. The minimum Gasteiger partial charge on any atom is -0.494 e. The van der Waals surface area contributed by atoms with Crippen LogP contribution < -0.4 is 10.5 Å². The number of pyridine rings is 2. The fourth-order valence-electron chi connectivity index (χ4n) is 5.12. The quantitative estimate of drug-likeness (QED) is 0.336. The molecule has 0 radical (unpaired) electrons. The maximum absolute atomic E-state index is 13.9. The van der Waals surface area contributed by atoms with E-state index in [1.165, 1.54) is 31.3 Å². The van der Waals surface area contributed by atoms with E-state index in [1.807, 2.05) is 0 Å². The molecule has 0 unspecified atom stereocenters. The van der Waals surface area contributed by atoms with Crippen LogP contribution in [0.25, 0.3) is 22.4 Å². The highest BCUT2D eigenvalue weighted by molar-refractivity contribution is 5.98. The number of ether oxygens (including phenoxy) is 2. The van der Waals surface area contributed by atoms with Crippen molar-refractivity contribution in [3.63, 3.8) is 0 Å². The number of methoxy groups -OCH3 is 2. The predicted octanol–water partition coefficient (Wildman–Crippen LogP) is 4.08. The molecular formula is C28H28F3N5O5. The third kappa shape index (κ3) is 5.23. The fraction of sp³-hybridized carbons (Fsp3) is 0.357. The van der Waals surface area contributed by atoms with Crippen molar-refractivity contribution >= 4 is 16.8 Å². The number of hydrogen-bond donors (Lipinski definition) is 2. The van der Waals surface area contributed by atoms with E-state index in [2.05, 4.69) is 15.0 Å². The van der Waals surface area contributed by atoms with Gasteiger partial charge in [0.05, 0.1) is 38.0 Å². The standard InChI is InChI=1S/C28H28F3N5O5/c1-15(32)24-23(26(37)36-14-27(38,12-16(36)13-39-2)20-6-4-5-11-33-20)35-25(41-24)18-7-9-19(40-3)22-17(18)8-10-21(34-22)28(29,30)31/h4-11,15-16,38H,12-14,32H2,1-3H3/t15-,16-,27-/m0/s1. The molecule has 1 saturated heterocycles. The lowest BCUT2D eigenvalue weighted by Gasteiger charge is -2.24. The van der Waals surface area contributed by atoms with Crippen molar-refractivity contribution in [2.75, 3.05) is 27.4 Å². The topological polar surface area (TPSA) is 137 Å². The van der Waals surface area contributed by atoms with Gasteiger partial charge < -0.3 is 29.6 Å². The zero-order chi connectivity index (χ0) is 29.5. The van der Waals surface area contributed by atoms with E-state index in [1.54, 1.807) is 37.4 Å². The monoisotopic (exact) mass is 571 g/mol. The van der Waals surface area contributed by atoms with Gasteiger partial charge in [0, 0.05) is 30.7 Å². The largest absolute Gasteiger partial charge is 0.494 e. The van der Waals surface area contributed by atoms with Crippen LogP contribution in [0.1, 0.15) is 47.0 Å². The zero-order valence-corrected chi connectivity index (χ0v) is 22.5. The second-order valence-corrected chi connectivity index (χ2v) is 9.92. The van der Waals surface area contributed by atoms with Crippen LogP contribution in [0.3, 0.4) is 0 Å². The molecular weight excluding hydrogens is 543 g/mol. The minimum atomic E-state index is -4.66. The molecule has 1 aliphatic rings. The smallest absolute Gasteiger partial charge is 0.433 e. The van der Waals surface area contributed by atoms with Crippen LogP contribution in [0.15, 0.2) is 53.1 Å². The number of carbonyl (C=O) groups excluding carboxylic acids is 1. The lowest BCUT2D eigenvalue weighted by molar-refractivity contribution is -0.140. The molecule has 4 aromatic rings. The summed E-state index contributed by atoms with van der Waals surface area (Å²) in [6, 6.07) is 9.01. The number of oxazole rings is 1. The van der Waals surface area contributed by atoms with Crippen molar-refractivity contribution in [3.05, 3.63) is 71.5 Å². The molecule has 3 N–H and O–H groups in total. The van der Waals surface area contributed by atoms with Crippen LogP contribution in [-0.4, -0.2) is 64.3 Å². The maximum atomic E-state index is 13.9. The number of halogens is 3. The molecule has 0 spiro atoms. The fourth-order valence-corrected chi connectivity index (χ4v) is 5.12. The summed E-state index contributed by atoms with van der Waals surface area (Å²) < 4.78 is 56.7. The Hall–Kier alpha value is -4.07. The molecule has 1 amide bonds. The third-order valence-corrected chi connectivity index (χ3v) is 7.04. The van der Waals surface area contributed by atoms with Crippen LogP contribution in [0.4, 0.5) is 13.2 Å². The third-order valence-electron chi connectivity index (χ3n) is 7.04. The Morgan fingerprint density at radius 2 is 2.00 bits per heavy atom. The molecule has 3 atom stereocenters. The summed E-state index contributed by atoms with van der Waals surface area (Å²) in [4.78, 5) is 27.9. The van der Waals surface area contributed by atoms with Gasteiger partial charge in [0.2, 0.25) is 5.89 Å². The molecule has 1 aromatic carbocycles. The lowest BCUT2D eigenvalue weighted by atomic mass is 9.96. The van der Waals surface area contributed by atoms with E-state index in [-0.39, 0.29) is 53.6 Å². The van der Waals surface area contributed by atoms with Crippen molar-refractivity contribution in [1.82, 2.24) is 19.9 Å². The van der Waals surface area contributed by atoms with Crippen LogP contribution in [-0.2, 0) is 16.5 Å². The number of aromatic nitrogens is 3. The van der Waals surface area contributed by atoms with Gasteiger partial charge in [-0.3, -0.25) is 9.78 Å². The Morgan fingerprint density at radius 3 is 2.63 bits per heavy atom. The molecule has 1 fully saturated rings. The van der Waals surface area contributed by atoms with E-state index < -0.39 is 35.5 Å². The van der Waals surface area contributed by atoms with Gasteiger partial charge in [-0.25, -0.2) is 9.97 Å². The summed E-state index contributed by atoms with van der Waals surface area (Å²) in [7, 11) is 2.82. The van der Waals surface area contributed by atoms with Gasteiger partial charge in [-0.15, -0.1) is 0 Å². The van der Waals surface area contributed by atoms with E-state index >= 15 is 0 Å². The first-order valence-corrected chi connectivity index (χ1v) is 12.7. The molecule has 3 aromatic heterocycles. The number of nitrogens with two attached hydrogens (primary N) is 1. The number of β-amino-alcohol motifs (C(OH)–C–C–N with tert-alkyl or cyclic N) is 1. The SMILES string of the molecule is COC[C@@H]1C[C@@](O)(c2ccccn2)CN1C(=O)c1nc(-c2ccc(OC)c3nc(C(F)(F)F)ccc23)oc1[C@H](C)N. The van der Waals surface area contributed by atoms with Crippen LogP contribution in [0.5, 0.6) is 5.75 Å². The number of rotatable bonds is 7. The highest BCUT2D eigenvalue weighted by Gasteiger charge is 2.48. The van der Waals surface area contributed by atoms with Gasteiger partial charge in [0.15, 0.2) is 11.5 Å². The highest BCUT2D eigenvalue weighted by Crippen LogP contribution is 2.39. The van der Waals surface area contributed by atoms with Gasteiger partial charge in [-0.2, -0.15) is 13.2 Å². The highest BCUT2D eigenvalue weighted by atomic mass is 19.4. The summed E-state index contributed by atoms with van der Waals surface area (Å²) in [5, 5.41) is 11.7. The average molecular weight is 572 g/mol. The van der Waals surface area contributed by atoms with E-state index in [0.29, 0.717) is 11.3 Å². The lowest BCUT2D eigenvalue weighted by Crippen LogP contribution is -2.40. The number of benzene rings is 1. The molecule has 41 heavy (non-hydrogen) atoms. The van der Waals surface area contributed by atoms with E-state index in [4.69, 9.17) is 19.6 Å². The van der Waals surface area contributed by atoms with Crippen molar-refractivity contribution in [2.45, 2.75) is 37.2 Å². The maximum Gasteiger partial charge on any atom is 0.433 e. The van der Waals surface area contributed by atoms with Crippen molar-refractivity contribution in [2.24, 2.45) is 5.73 Å². The molecule has 5 rings (SSSR count). The number of amides is 1. The Morgan fingerprint density at radius 1 is 1.22 bits per heavy atom. The Bertz CT molecular complexity index is 1580. The van der Waals surface area contributed by atoms with Gasteiger partial charge in [0.25, 0.3) is 5.91 Å². The zero-order valence-electron chi connectivity index (χ0n) is 22.5. The second kappa shape index (κ2) is 10.7. The molecule has 13 heteroatoms. The van der Waals surface area contributed by atoms with Gasteiger partial charge in [-0.1, -0.05) is 6.07 Å². The molecule has 0 saturated carbocycles. The van der Waals surface area contributed by atoms with Crippen LogP contribution in [0, 0.1) is 0 Å². The molecule has 0 bridgehead atoms. The number of carbonyl (C=O) groups is 1. The number of likely N-dealkylation sites (tertiary alicyclic amines) is 1. The average Bonchev–Trinajstić information content (AvgIpc) is 3.54. The first-order chi connectivity index (χ1) is 19.5. The van der Waals surface area contributed by atoms with E-state index in [0.717, 1.165) is 6.07 Å². The van der Waals surface area contributed by atoms with Crippen LogP contribution >= 0.6 is 0 Å². The summed E-state index contributed by atoms with van der Waals surface area (Å²) in [6.07, 6.45) is -2.92. The molecule has 1 aliphatic heterocycles. The Balaban J connectivity index is 1.58. The molecule has 0 aliphatic carbocycles. The van der Waals surface area contributed by atoms with Gasteiger partial charge in [-0.05, 0) is 43.3 Å². The number of nitrogens with zero attached hydrogens (tertiary/aromatic N) is 4. The normalized spacial score (nSPS) is 20.0. The van der Waals surface area contributed by atoms with Crippen molar-refractivity contribution in [1.29, 1.82) is 0 Å². The van der Waals surface area contributed by atoms with Crippen LogP contribution in [0.2, 0.25) is 0 Å². The second-order valence-electron chi connectivity index (χ2n) is 9.92. The van der Waals surface area contributed by atoms with E-state index in [9.17, 15) is 23.1 Å². The Kier molecular flexibility index (Phi) is 7.45. The minimum absolute atomic E-state index is 0.0302. The first kappa shape index (κ1) is 28.5.